The molecule has 0 unspecified atom stereocenters. The van der Waals surface area contributed by atoms with Gasteiger partial charge in [0, 0.05) is 5.69 Å². The number of hydrogen-bond acceptors (Lipinski definition) is 3. The Morgan fingerprint density at radius 1 is 0.800 bits per heavy atom. The molecule has 0 atom stereocenters. The molecular weight excluding hydrogens is 418 g/mol. The van der Waals surface area contributed by atoms with Crippen molar-refractivity contribution in [3.63, 3.8) is 0 Å². The van der Waals surface area contributed by atoms with Gasteiger partial charge in [-0.25, -0.2) is 0 Å². The predicted molar refractivity (Wildman–Crippen MR) is 125 cm³/mol. The molecule has 0 aliphatic heterocycles. The van der Waals surface area contributed by atoms with Crippen LogP contribution >= 0.6 is 23.8 Å². The van der Waals surface area contributed by atoms with E-state index in [9.17, 15) is 9.59 Å². The number of carbonyl (C=O) groups is 2. The second-order valence-corrected chi connectivity index (χ2v) is 7.50. The van der Waals surface area contributed by atoms with Crippen LogP contribution in [0.1, 0.15) is 31.8 Å². The first-order valence-corrected chi connectivity index (χ1v) is 9.98. The van der Waals surface area contributed by atoms with Gasteiger partial charge in [0.15, 0.2) is 5.11 Å². The van der Waals surface area contributed by atoms with Crippen LogP contribution in [0.5, 0.6) is 0 Å². The van der Waals surface area contributed by atoms with Crippen molar-refractivity contribution in [1.29, 1.82) is 0 Å². The first-order valence-electron chi connectivity index (χ1n) is 9.19. The predicted octanol–water partition coefficient (Wildman–Crippen LogP) is 5.34. The van der Waals surface area contributed by atoms with Crippen molar-refractivity contribution in [2.24, 2.45) is 0 Å². The Kier molecular flexibility index (Phi) is 6.82. The highest BCUT2D eigenvalue weighted by molar-refractivity contribution is 7.80. The molecule has 5 nitrogen and oxygen atoms in total. The topological polar surface area (TPSA) is 70.2 Å². The van der Waals surface area contributed by atoms with Gasteiger partial charge >= 0.3 is 0 Å². The van der Waals surface area contributed by atoms with Crippen LogP contribution in [-0.2, 0) is 0 Å². The number of rotatable bonds is 4. The van der Waals surface area contributed by atoms with Gasteiger partial charge in [0.05, 0.1) is 21.8 Å². The first kappa shape index (κ1) is 21.5. The summed E-state index contributed by atoms with van der Waals surface area (Å²) < 4.78 is 0. The number of halogens is 1. The minimum Gasteiger partial charge on any atom is -0.332 e. The summed E-state index contributed by atoms with van der Waals surface area (Å²) in [5, 5.41) is 8.77. The van der Waals surface area contributed by atoms with Crippen molar-refractivity contribution >= 4 is 52.1 Å². The Labute approximate surface area is 185 Å². The van der Waals surface area contributed by atoms with Crippen molar-refractivity contribution in [3.05, 3.63) is 94.0 Å². The van der Waals surface area contributed by atoms with Crippen molar-refractivity contribution in [3.8, 4) is 0 Å². The van der Waals surface area contributed by atoms with E-state index < -0.39 is 5.91 Å². The van der Waals surface area contributed by atoms with Crippen molar-refractivity contribution in [2.45, 2.75) is 13.8 Å². The standard InChI is InChI=1S/C23H20ClN3O2S/c1-14-11-12-16(13-15(14)2)25-22(29)18-8-4-6-10-20(18)26-23(30)27-21(28)17-7-3-5-9-19(17)24/h3-13H,1-2H3,(H,25,29)(H2,26,27,28,30). The van der Waals surface area contributed by atoms with E-state index in [-0.39, 0.29) is 11.0 Å². The summed E-state index contributed by atoms with van der Waals surface area (Å²) in [6.07, 6.45) is 0. The summed E-state index contributed by atoms with van der Waals surface area (Å²) in [5.41, 5.74) is 4.11. The number of carbonyl (C=O) groups excluding carboxylic acids is 2. The summed E-state index contributed by atoms with van der Waals surface area (Å²) in [7, 11) is 0. The van der Waals surface area contributed by atoms with Crippen molar-refractivity contribution in [2.75, 3.05) is 10.6 Å². The summed E-state index contributed by atoms with van der Waals surface area (Å²) in [6, 6.07) is 19.3. The maximum absolute atomic E-state index is 12.8. The molecule has 30 heavy (non-hydrogen) atoms. The molecule has 0 radical (unpaired) electrons. The Hall–Kier alpha value is -3.22. The molecule has 0 heterocycles. The second kappa shape index (κ2) is 9.52. The highest BCUT2D eigenvalue weighted by atomic mass is 35.5. The van der Waals surface area contributed by atoms with Crippen LogP contribution in [0.2, 0.25) is 5.02 Å². The molecule has 3 rings (SSSR count). The van der Waals surface area contributed by atoms with Gasteiger partial charge in [0.25, 0.3) is 11.8 Å². The van der Waals surface area contributed by atoms with E-state index in [0.717, 1.165) is 11.1 Å². The molecule has 0 fully saturated rings. The molecule has 7 heteroatoms. The lowest BCUT2D eigenvalue weighted by Crippen LogP contribution is -2.34. The van der Waals surface area contributed by atoms with Crippen LogP contribution in [0.3, 0.4) is 0 Å². The van der Waals surface area contributed by atoms with E-state index >= 15 is 0 Å². The molecule has 2 amide bonds. The maximum atomic E-state index is 12.8. The van der Waals surface area contributed by atoms with Gasteiger partial charge in [0.1, 0.15) is 0 Å². The van der Waals surface area contributed by atoms with Crippen LogP contribution in [0.25, 0.3) is 0 Å². The highest BCUT2D eigenvalue weighted by Crippen LogP contribution is 2.20. The molecule has 0 aliphatic carbocycles. The van der Waals surface area contributed by atoms with Gasteiger partial charge in [-0.1, -0.05) is 41.9 Å². The number of aryl methyl sites for hydroxylation is 2. The van der Waals surface area contributed by atoms with Gasteiger partial charge in [-0.2, -0.15) is 0 Å². The minimum atomic E-state index is -0.435. The molecule has 0 spiro atoms. The number of amides is 2. The molecule has 0 saturated carbocycles. The Morgan fingerprint density at radius 2 is 1.47 bits per heavy atom. The fourth-order valence-electron chi connectivity index (χ4n) is 2.78. The van der Waals surface area contributed by atoms with Crippen LogP contribution in [0, 0.1) is 13.8 Å². The summed E-state index contributed by atoms with van der Waals surface area (Å²) in [4.78, 5) is 25.2. The molecule has 152 valence electrons. The smallest absolute Gasteiger partial charge is 0.258 e. The van der Waals surface area contributed by atoms with Crippen LogP contribution in [0.15, 0.2) is 66.7 Å². The average Bonchev–Trinajstić information content (AvgIpc) is 2.71. The van der Waals surface area contributed by atoms with E-state index in [1.54, 1.807) is 48.5 Å². The number of nitrogens with one attached hydrogen (secondary N) is 3. The van der Waals surface area contributed by atoms with E-state index in [0.29, 0.717) is 27.5 Å². The highest BCUT2D eigenvalue weighted by Gasteiger charge is 2.15. The Bertz CT molecular complexity index is 1130. The zero-order chi connectivity index (χ0) is 21.7. The molecular formula is C23H20ClN3O2S. The van der Waals surface area contributed by atoms with Gasteiger partial charge in [-0.05, 0) is 73.6 Å². The molecule has 3 N–H and O–H groups in total. The SMILES string of the molecule is Cc1ccc(NC(=O)c2ccccc2NC(=S)NC(=O)c2ccccc2Cl)cc1C. The fourth-order valence-corrected chi connectivity index (χ4v) is 3.20. The zero-order valence-electron chi connectivity index (χ0n) is 16.5. The van der Waals surface area contributed by atoms with Gasteiger partial charge in [-0.15, -0.1) is 0 Å². The third-order valence-corrected chi connectivity index (χ3v) is 5.06. The van der Waals surface area contributed by atoms with Crippen LogP contribution in [0.4, 0.5) is 11.4 Å². The second-order valence-electron chi connectivity index (χ2n) is 6.69. The lowest BCUT2D eigenvalue weighted by atomic mass is 10.1. The van der Waals surface area contributed by atoms with E-state index in [4.69, 9.17) is 23.8 Å². The lowest BCUT2D eigenvalue weighted by molar-refractivity contribution is 0.0976. The molecule has 3 aromatic rings. The van der Waals surface area contributed by atoms with E-state index in [1.165, 1.54) is 0 Å². The summed E-state index contributed by atoms with van der Waals surface area (Å²) in [5.74, 6) is -0.725. The third-order valence-electron chi connectivity index (χ3n) is 4.53. The van der Waals surface area contributed by atoms with Crippen molar-refractivity contribution < 1.29 is 9.59 Å². The lowest BCUT2D eigenvalue weighted by Gasteiger charge is -2.14. The zero-order valence-corrected chi connectivity index (χ0v) is 18.0. The largest absolute Gasteiger partial charge is 0.332 e. The minimum absolute atomic E-state index is 0.0614. The Morgan fingerprint density at radius 3 is 2.17 bits per heavy atom. The van der Waals surface area contributed by atoms with Crippen LogP contribution < -0.4 is 16.0 Å². The van der Waals surface area contributed by atoms with Gasteiger partial charge in [-0.3, -0.25) is 14.9 Å². The first-order chi connectivity index (χ1) is 14.3. The summed E-state index contributed by atoms with van der Waals surface area (Å²) in [6.45, 7) is 4.00. The quantitative estimate of drug-likeness (QED) is 0.482. The average molecular weight is 438 g/mol. The molecule has 3 aromatic carbocycles. The number of para-hydroxylation sites is 1. The van der Waals surface area contributed by atoms with Gasteiger partial charge < -0.3 is 10.6 Å². The fraction of sp³-hybridized carbons (Fsp3) is 0.0870. The Balaban J connectivity index is 1.72. The maximum Gasteiger partial charge on any atom is 0.258 e. The number of thiocarbonyl (C=S) groups is 1. The van der Waals surface area contributed by atoms with Gasteiger partial charge in [0.2, 0.25) is 0 Å². The molecule has 0 saturated heterocycles. The van der Waals surface area contributed by atoms with E-state index in [2.05, 4.69) is 16.0 Å². The monoisotopic (exact) mass is 437 g/mol. The number of anilines is 2. The molecule has 0 bridgehead atoms. The molecule has 0 aromatic heterocycles. The molecule has 0 aliphatic rings. The third kappa shape index (κ3) is 5.23. The van der Waals surface area contributed by atoms with Crippen LogP contribution in [-0.4, -0.2) is 16.9 Å². The summed E-state index contributed by atoms with van der Waals surface area (Å²) >= 11 is 11.3. The number of hydrogen-bond donors (Lipinski definition) is 3. The number of benzene rings is 3. The van der Waals surface area contributed by atoms with E-state index in [1.807, 2.05) is 32.0 Å². The van der Waals surface area contributed by atoms with Crippen molar-refractivity contribution in [1.82, 2.24) is 5.32 Å². The normalized spacial score (nSPS) is 10.2.